The fraction of sp³-hybridized carbons (Fsp3) is 0.0714. The molecule has 0 bridgehead atoms. The number of nitrogens with two attached hydrogens (primary N) is 2. The zero-order valence-electron chi connectivity index (χ0n) is 11.6. The Morgan fingerprint density at radius 2 is 2.09 bits per heavy atom. The summed E-state index contributed by atoms with van der Waals surface area (Å²) in [5.74, 6) is -1.32. The second-order valence-corrected chi connectivity index (χ2v) is 4.61. The number of nitrogens with zero attached hydrogens (tertiary/aromatic N) is 3. The van der Waals surface area contributed by atoms with Gasteiger partial charge in [0.1, 0.15) is 0 Å². The maximum Gasteiger partial charge on any atom is 0.252 e. The Balaban J connectivity index is 2.14. The highest BCUT2D eigenvalue weighted by Crippen LogP contribution is 2.28. The Morgan fingerprint density at radius 3 is 2.73 bits per heavy atom. The molecule has 8 heteroatoms. The second kappa shape index (κ2) is 4.99. The summed E-state index contributed by atoms with van der Waals surface area (Å²) in [6.45, 7) is 0. The first-order valence-corrected chi connectivity index (χ1v) is 6.28. The van der Waals surface area contributed by atoms with Gasteiger partial charge in [-0.3, -0.25) is 4.79 Å². The Bertz CT molecular complexity index is 890. The Labute approximate surface area is 124 Å². The number of nitrogen functional groups attached to an aromatic ring is 1. The maximum atomic E-state index is 13.7. The summed E-state index contributed by atoms with van der Waals surface area (Å²) in [7, 11) is 1.34. The van der Waals surface area contributed by atoms with Crippen LogP contribution in [-0.2, 0) is 0 Å². The lowest BCUT2D eigenvalue weighted by molar-refractivity contribution is 0.100. The van der Waals surface area contributed by atoms with Crippen molar-refractivity contribution in [3.8, 4) is 17.0 Å². The zero-order valence-corrected chi connectivity index (χ0v) is 11.6. The largest absolute Gasteiger partial charge is 0.479 e. The van der Waals surface area contributed by atoms with Crippen LogP contribution in [-0.4, -0.2) is 27.6 Å². The van der Waals surface area contributed by atoms with E-state index in [0.717, 1.165) is 0 Å². The third-order valence-corrected chi connectivity index (χ3v) is 3.28. The predicted octanol–water partition coefficient (Wildman–Crippen LogP) is 1.23. The molecule has 112 valence electrons. The van der Waals surface area contributed by atoms with Crippen molar-refractivity contribution in [2.75, 3.05) is 12.8 Å². The van der Waals surface area contributed by atoms with Crippen LogP contribution in [0.25, 0.3) is 16.6 Å². The van der Waals surface area contributed by atoms with Gasteiger partial charge >= 0.3 is 0 Å². The SMILES string of the molecule is COc1ncc(-c2cc3c(N)c(C(N)=O)cnn3c2)cc1F. The maximum absolute atomic E-state index is 13.7. The normalized spacial score (nSPS) is 10.8. The van der Waals surface area contributed by atoms with E-state index in [1.165, 1.54) is 30.1 Å². The number of carbonyl (C=O) groups is 1. The topological polar surface area (TPSA) is 109 Å². The van der Waals surface area contributed by atoms with Gasteiger partial charge in [0.15, 0.2) is 5.82 Å². The van der Waals surface area contributed by atoms with Gasteiger partial charge in [0, 0.05) is 23.5 Å². The van der Waals surface area contributed by atoms with E-state index in [-0.39, 0.29) is 17.1 Å². The molecule has 0 fully saturated rings. The van der Waals surface area contributed by atoms with E-state index in [0.29, 0.717) is 16.6 Å². The minimum atomic E-state index is -0.660. The first-order valence-electron chi connectivity index (χ1n) is 6.28. The zero-order chi connectivity index (χ0) is 15.9. The lowest BCUT2D eigenvalue weighted by Crippen LogP contribution is -2.15. The summed E-state index contributed by atoms with van der Waals surface area (Å²) in [6.07, 6.45) is 4.42. The van der Waals surface area contributed by atoms with E-state index in [9.17, 15) is 9.18 Å². The van der Waals surface area contributed by atoms with Crippen LogP contribution in [0.5, 0.6) is 5.88 Å². The highest BCUT2D eigenvalue weighted by atomic mass is 19.1. The third kappa shape index (κ3) is 2.10. The number of carbonyl (C=O) groups excluding carboxylic acids is 1. The molecule has 3 heterocycles. The van der Waals surface area contributed by atoms with Crippen LogP contribution in [0.1, 0.15) is 10.4 Å². The average Bonchev–Trinajstić information content (AvgIpc) is 2.92. The molecule has 4 N–H and O–H groups in total. The van der Waals surface area contributed by atoms with Gasteiger partial charge in [-0.15, -0.1) is 0 Å². The molecule has 7 nitrogen and oxygen atoms in total. The van der Waals surface area contributed by atoms with Crippen LogP contribution in [0.15, 0.2) is 30.7 Å². The van der Waals surface area contributed by atoms with Crippen molar-refractivity contribution in [3.05, 3.63) is 42.1 Å². The average molecular weight is 301 g/mol. The molecule has 0 aromatic carbocycles. The van der Waals surface area contributed by atoms with Crippen molar-refractivity contribution in [1.82, 2.24) is 14.6 Å². The standard InChI is InChI=1S/C14H12FN5O2/c1-22-14-10(15)2-7(4-18-14)8-3-11-12(16)9(13(17)21)5-19-20(11)6-8/h2-6H,16H2,1H3,(H2,17,21). The quantitative estimate of drug-likeness (QED) is 0.756. The highest BCUT2D eigenvalue weighted by molar-refractivity contribution is 6.01. The van der Waals surface area contributed by atoms with Gasteiger partial charge in [0.05, 0.1) is 30.1 Å². The van der Waals surface area contributed by atoms with Gasteiger partial charge in [-0.2, -0.15) is 5.10 Å². The van der Waals surface area contributed by atoms with E-state index in [4.69, 9.17) is 16.2 Å². The summed E-state index contributed by atoms with van der Waals surface area (Å²) in [4.78, 5) is 15.2. The van der Waals surface area contributed by atoms with Crippen LogP contribution in [0, 0.1) is 5.82 Å². The van der Waals surface area contributed by atoms with Crippen LogP contribution >= 0.6 is 0 Å². The van der Waals surface area contributed by atoms with E-state index in [1.54, 1.807) is 12.3 Å². The van der Waals surface area contributed by atoms with Gasteiger partial charge in [0.2, 0.25) is 5.88 Å². The Hall–Kier alpha value is -3.16. The summed E-state index contributed by atoms with van der Waals surface area (Å²) in [6, 6.07) is 2.98. The minimum Gasteiger partial charge on any atom is -0.479 e. The van der Waals surface area contributed by atoms with Crippen molar-refractivity contribution in [3.63, 3.8) is 0 Å². The minimum absolute atomic E-state index is 0.0823. The molecule has 0 spiro atoms. The highest BCUT2D eigenvalue weighted by Gasteiger charge is 2.14. The van der Waals surface area contributed by atoms with Crippen molar-refractivity contribution in [2.45, 2.75) is 0 Å². The number of halogens is 1. The summed E-state index contributed by atoms with van der Waals surface area (Å²) in [5, 5.41) is 4.06. The molecule has 1 amide bonds. The van der Waals surface area contributed by atoms with Crippen molar-refractivity contribution < 1.29 is 13.9 Å². The summed E-state index contributed by atoms with van der Waals surface area (Å²) in [5.41, 5.74) is 13.2. The molecular weight excluding hydrogens is 289 g/mol. The number of methoxy groups -OCH3 is 1. The molecule has 0 aliphatic heterocycles. The van der Waals surface area contributed by atoms with Crippen LogP contribution < -0.4 is 16.2 Å². The number of amides is 1. The molecule has 0 aliphatic rings. The number of primary amides is 1. The van der Waals surface area contributed by atoms with Gasteiger partial charge in [-0.1, -0.05) is 0 Å². The number of hydrogen-bond acceptors (Lipinski definition) is 5. The molecule has 0 atom stereocenters. The summed E-state index contributed by atoms with van der Waals surface area (Å²) < 4.78 is 20.0. The number of fused-ring (bicyclic) bond motifs is 1. The number of ether oxygens (including phenoxy) is 1. The molecule has 3 aromatic rings. The van der Waals surface area contributed by atoms with E-state index < -0.39 is 11.7 Å². The second-order valence-electron chi connectivity index (χ2n) is 4.61. The molecule has 0 unspecified atom stereocenters. The number of aromatic nitrogens is 3. The third-order valence-electron chi connectivity index (χ3n) is 3.28. The number of hydrogen-bond donors (Lipinski definition) is 2. The van der Waals surface area contributed by atoms with Crippen molar-refractivity contribution in [2.24, 2.45) is 5.73 Å². The monoisotopic (exact) mass is 301 g/mol. The van der Waals surface area contributed by atoms with Crippen LogP contribution in [0.2, 0.25) is 0 Å². The van der Waals surface area contributed by atoms with Gasteiger partial charge in [0.25, 0.3) is 5.91 Å². The van der Waals surface area contributed by atoms with Crippen molar-refractivity contribution in [1.29, 1.82) is 0 Å². The Morgan fingerprint density at radius 1 is 1.32 bits per heavy atom. The number of rotatable bonds is 3. The van der Waals surface area contributed by atoms with E-state index in [2.05, 4.69) is 10.1 Å². The fourth-order valence-corrected chi connectivity index (χ4v) is 2.16. The molecule has 0 aliphatic carbocycles. The first-order chi connectivity index (χ1) is 10.5. The molecular formula is C14H12FN5O2. The fourth-order valence-electron chi connectivity index (χ4n) is 2.16. The van der Waals surface area contributed by atoms with E-state index in [1.807, 2.05) is 0 Å². The molecule has 3 aromatic heterocycles. The van der Waals surface area contributed by atoms with Gasteiger partial charge in [-0.05, 0) is 12.1 Å². The molecule has 22 heavy (non-hydrogen) atoms. The van der Waals surface area contributed by atoms with Crippen molar-refractivity contribution >= 4 is 17.1 Å². The van der Waals surface area contributed by atoms with Crippen LogP contribution in [0.3, 0.4) is 0 Å². The lowest BCUT2D eigenvalue weighted by Gasteiger charge is -2.02. The lowest BCUT2D eigenvalue weighted by atomic mass is 10.1. The molecule has 0 radical (unpaired) electrons. The summed E-state index contributed by atoms with van der Waals surface area (Å²) >= 11 is 0. The molecule has 0 saturated carbocycles. The van der Waals surface area contributed by atoms with Crippen LogP contribution in [0.4, 0.5) is 10.1 Å². The number of pyridine rings is 1. The number of anilines is 1. The molecule has 0 saturated heterocycles. The van der Waals surface area contributed by atoms with Gasteiger partial charge < -0.3 is 16.2 Å². The van der Waals surface area contributed by atoms with Gasteiger partial charge in [-0.25, -0.2) is 13.9 Å². The first kappa shape index (κ1) is 13.8. The Kier molecular flexibility index (Phi) is 3.13. The molecule has 3 rings (SSSR count). The predicted molar refractivity (Wildman–Crippen MR) is 77.9 cm³/mol. The van der Waals surface area contributed by atoms with E-state index >= 15 is 0 Å². The smallest absolute Gasteiger partial charge is 0.252 e.